The van der Waals surface area contributed by atoms with E-state index in [2.05, 4.69) is 0 Å². The molecule has 0 spiro atoms. The Hall–Kier alpha value is -0.340. The van der Waals surface area contributed by atoms with E-state index in [1.54, 1.807) is 0 Å². The molecule has 66 valence electrons. The lowest BCUT2D eigenvalue weighted by atomic mass is 10.3. The van der Waals surface area contributed by atoms with Gasteiger partial charge in [0.1, 0.15) is 5.75 Å². The molecule has 12 heavy (non-hydrogen) atoms. The van der Waals surface area contributed by atoms with Crippen LogP contribution in [0, 0.1) is 3.57 Å². The summed E-state index contributed by atoms with van der Waals surface area (Å²) >= 11 is 1.82. The summed E-state index contributed by atoms with van der Waals surface area (Å²) in [7, 11) is -3.66. The van der Waals surface area contributed by atoms with Gasteiger partial charge >= 0.3 is 0 Å². The number of halogens is 1. The topological polar surface area (TPSA) is 80.4 Å². The molecule has 6 heteroatoms. The second-order valence-corrected chi connectivity index (χ2v) is 4.88. The van der Waals surface area contributed by atoms with E-state index in [-0.39, 0.29) is 10.6 Å². The number of sulfonamides is 1. The molecule has 0 atom stereocenters. The summed E-state index contributed by atoms with van der Waals surface area (Å²) in [4.78, 5) is 0.00435. The molecule has 1 aromatic carbocycles. The van der Waals surface area contributed by atoms with Crippen molar-refractivity contribution in [1.29, 1.82) is 0 Å². The van der Waals surface area contributed by atoms with Gasteiger partial charge in [-0.25, -0.2) is 13.6 Å². The lowest BCUT2D eigenvalue weighted by Gasteiger charge is -1.99. The molecule has 0 aromatic heterocycles. The molecule has 0 saturated heterocycles. The molecule has 0 radical (unpaired) electrons. The van der Waals surface area contributed by atoms with Gasteiger partial charge in [0.15, 0.2) is 0 Å². The van der Waals surface area contributed by atoms with Crippen LogP contribution >= 0.6 is 22.6 Å². The lowest BCUT2D eigenvalue weighted by molar-refractivity contribution is 0.471. The van der Waals surface area contributed by atoms with Crippen molar-refractivity contribution in [2.45, 2.75) is 4.90 Å². The summed E-state index contributed by atoms with van der Waals surface area (Å²) in [6.45, 7) is 0. The van der Waals surface area contributed by atoms with Gasteiger partial charge in [-0.15, -0.1) is 0 Å². The number of phenols is 1. The highest BCUT2D eigenvalue weighted by Gasteiger charge is 2.08. The summed E-state index contributed by atoms with van der Waals surface area (Å²) in [5.41, 5.74) is 0. The van der Waals surface area contributed by atoms with Crippen molar-refractivity contribution in [1.82, 2.24) is 0 Å². The van der Waals surface area contributed by atoms with E-state index < -0.39 is 10.0 Å². The van der Waals surface area contributed by atoms with Crippen molar-refractivity contribution in [3.05, 3.63) is 21.8 Å². The number of aromatic hydroxyl groups is 1. The summed E-state index contributed by atoms with van der Waals surface area (Å²) in [5, 5.41) is 13.9. The van der Waals surface area contributed by atoms with E-state index in [9.17, 15) is 8.42 Å². The van der Waals surface area contributed by atoms with Gasteiger partial charge in [0, 0.05) is 0 Å². The molecule has 0 fully saturated rings. The number of benzene rings is 1. The molecule has 0 heterocycles. The lowest BCUT2D eigenvalue weighted by Crippen LogP contribution is -2.11. The third-order valence-electron chi connectivity index (χ3n) is 1.25. The standard InChI is InChI=1S/C6H6INO3S/c7-5-3-4(12(8,10)11)1-2-6(5)9/h1-3,9H,(H2,8,10,11). The molecule has 0 aliphatic rings. The third-order valence-corrected chi connectivity index (χ3v) is 3.02. The largest absolute Gasteiger partial charge is 0.507 e. The Morgan fingerprint density at radius 3 is 2.42 bits per heavy atom. The van der Waals surface area contributed by atoms with E-state index in [0.29, 0.717) is 3.57 Å². The fourth-order valence-corrected chi connectivity index (χ4v) is 1.93. The second kappa shape index (κ2) is 3.19. The van der Waals surface area contributed by atoms with Crippen molar-refractivity contribution in [3.63, 3.8) is 0 Å². The van der Waals surface area contributed by atoms with Crippen LogP contribution in [-0.2, 0) is 10.0 Å². The smallest absolute Gasteiger partial charge is 0.238 e. The van der Waals surface area contributed by atoms with E-state index >= 15 is 0 Å². The van der Waals surface area contributed by atoms with Gasteiger partial charge in [0.25, 0.3) is 0 Å². The van der Waals surface area contributed by atoms with Crippen LogP contribution in [0.3, 0.4) is 0 Å². The van der Waals surface area contributed by atoms with Gasteiger partial charge in [-0.2, -0.15) is 0 Å². The first kappa shape index (κ1) is 9.75. The van der Waals surface area contributed by atoms with Crippen LogP contribution in [0.2, 0.25) is 0 Å². The molecule has 0 saturated carbocycles. The SMILES string of the molecule is NS(=O)(=O)c1ccc(O)c(I)c1. The van der Waals surface area contributed by atoms with Gasteiger partial charge in [-0.1, -0.05) is 0 Å². The zero-order valence-electron chi connectivity index (χ0n) is 5.86. The maximum Gasteiger partial charge on any atom is 0.238 e. The first-order valence-corrected chi connectivity index (χ1v) is 5.55. The van der Waals surface area contributed by atoms with Crippen molar-refractivity contribution in [2.75, 3.05) is 0 Å². The van der Waals surface area contributed by atoms with Crippen LogP contribution in [0.15, 0.2) is 23.1 Å². The first-order valence-electron chi connectivity index (χ1n) is 2.92. The molecule has 0 bridgehead atoms. The minimum atomic E-state index is -3.66. The Labute approximate surface area is 83.6 Å². The Balaban J connectivity index is 3.33. The van der Waals surface area contributed by atoms with Crippen molar-refractivity contribution >= 4 is 32.6 Å². The zero-order valence-corrected chi connectivity index (χ0v) is 8.83. The van der Waals surface area contributed by atoms with E-state index in [1.807, 2.05) is 22.6 Å². The van der Waals surface area contributed by atoms with Gasteiger partial charge in [-0.05, 0) is 40.8 Å². The quantitative estimate of drug-likeness (QED) is 0.747. The van der Waals surface area contributed by atoms with E-state index in [0.717, 1.165) is 0 Å². The van der Waals surface area contributed by atoms with Crippen LogP contribution in [0.1, 0.15) is 0 Å². The molecular weight excluding hydrogens is 293 g/mol. The maximum atomic E-state index is 10.8. The predicted octanol–water partition coefficient (Wildman–Crippen LogP) is 0.644. The van der Waals surface area contributed by atoms with Crippen molar-refractivity contribution in [3.8, 4) is 5.75 Å². The van der Waals surface area contributed by atoms with Gasteiger partial charge in [0.2, 0.25) is 10.0 Å². The Kier molecular flexibility index (Phi) is 2.59. The molecule has 0 aliphatic carbocycles. The minimum Gasteiger partial charge on any atom is -0.507 e. The average Bonchev–Trinajstić information content (AvgIpc) is 1.92. The Bertz CT molecular complexity index is 401. The van der Waals surface area contributed by atoms with Crippen LogP contribution in [0.4, 0.5) is 0 Å². The zero-order chi connectivity index (χ0) is 9.35. The monoisotopic (exact) mass is 299 g/mol. The van der Waals surface area contributed by atoms with Crippen LogP contribution in [0.25, 0.3) is 0 Å². The van der Waals surface area contributed by atoms with Crippen LogP contribution in [-0.4, -0.2) is 13.5 Å². The summed E-state index contributed by atoms with van der Waals surface area (Å²) in [5.74, 6) is 0.0444. The molecule has 4 nitrogen and oxygen atoms in total. The Morgan fingerprint density at radius 2 is 2.00 bits per heavy atom. The third kappa shape index (κ3) is 2.08. The summed E-state index contributed by atoms with van der Waals surface area (Å²) < 4.78 is 22.0. The van der Waals surface area contributed by atoms with Crippen molar-refractivity contribution < 1.29 is 13.5 Å². The molecule has 0 amide bonds. The molecular formula is C6H6INO3S. The number of phenolic OH excluding ortho intramolecular Hbond substituents is 1. The van der Waals surface area contributed by atoms with Gasteiger partial charge in [0.05, 0.1) is 8.47 Å². The minimum absolute atomic E-state index is 0.00435. The number of hydrogen-bond acceptors (Lipinski definition) is 3. The average molecular weight is 299 g/mol. The Morgan fingerprint density at radius 1 is 1.42 bits per heavy atom. The fraction of sp³-hybridized carbons (Fsp3) is 0. The highest BCUT2D eigenvalue weighted by atomic mass is 127. The van der Waals surface area contributed by atoms with Crippen molar-refractivity contribution in [2.24, 2.45) is 5.14 Å². The highest BCUT2D eigenvalue weighted by molar-refractivity contribution is 14.1. The number of hydrogen-bond donors (Lipinski definition) is 2. The molecule has 1 rings (SSSR count). The molecule has 1 aromatic rings. The highest BCUT2D eigenvalue weighted by Crippen LogP contribution is 2.21. The number of nitrogens with two attached hydrogens (primary N) is 1. The molecule has 0 unspecified atom stereocenters. The van der Waals surface area contributed by atoms with Gasteiger partial charge in [-0.3, -0.25) is 0 Å². The summed E-state index contributed by atoms with van der Waals surface area (Å²) in [6, 6.07) is 3.86. The second-order valence-electron chi connectivity index (χ2n) is 2.16. The van der Waals surface area contributed by atoms with Crippen LogP contribution in [0.5, 0.6) is 5.75 Å². The first-order chi connectivity index (χ1) is 5.41. The predicted molar refractivity (Wildman–Crippen MR) is 52.2 cm³/mol. The maximum absolute atomic E-state index is 10.8. The van der Waals surface area contributed by atoms with Crippen LogP contribution < -0.4 is 5.14 Å². The van der Waals surface area contributed by atoms with E-state index in [1.165, 1.54) is 18.2 Å². The normalized spacial score (nSPS) is 11.5. The van der Waals surface area contributed by atoms with E-state index in [4.69, 9.17) is 10.2 Å². The number of primary sulfonamides is 1. The van der Waals surface area contributed by atoms with Gasteiger partial charge < -0.3 is 5.11 Å². The molecule has 3 N–H and O–H groups in total. The number of rotatable bonds is 1. The summed E-state index contributed by atoms with van der Waals surface area (Å²) in [6.07, 6.45) is 0. The molecule has 0 aliphatic heterocycles. The fourth-order valence-electron chi connectivity index (χ4n) is 0.665.